The number of aryl methyl sites for hydroxylation is 1. The van der Waals surface area contributed by atoms with Crippen molar-refractivity contribution in [3.63, 3.8) is 0 Å². The van der Waals surface area contributed by atoms with Gasteiger partial charge in [-0.15, -0.1) is 5.10 Å². The number of ether oxygens (including phenoxy) is 1. The van der Waals surface area contributed by atoms with Crippen molar-refractivity contribution in [1.29, 1.82) is 0 Å². The Morgan fingerprint density at radius 1 is 1.26 bits per heavy atom. The highest BCUT2D eigenvalue weighted by molar-refractivity contribution is 7.99. The summed E-state index contributed by atoms with van der Waals surface area (Å²) < 4.78 is 33.3. The third-order valence-corrected chi connectivity index (χ3v) is 8.57. The highest BCUT2D eigenvalue weighted by Crippen LogP contribution is 2.30. The number of thioether (sulfide) groups is 1. The number of benzene rings is 2. The number of H-pyrrole nitrogens is 1. The van der Waals surface area contributed by atoms with Gasteiger partial charge in [-0.3, -0.25) is 9.89 Å². The van der Waals surface area contributed by atoms with E-state index in [1.165, 1.54) is 23.2 Å². The molecule has 1 amide bonds. The van der Waals surface area contributed by atoms with Crippen LogP contribution in [0.5, 0.6) is 5.75 Å². The van der Waals surface area contributed by atoms with Crippen molar-refractivity contribution in [1.82, 2.24) is 24.8 Å². The third kappa shape index (κ3) is 6.03. The number of piperidine rings is 1. The van der Waals surface area contributed by atoms with Gasteiger partial charge in [0.15, 0.2) is 5.82 Å². The Kier molecular flexibility index (Phi) is 8.09. The summed E-state index contributed by atoms with van der Waals surface area (Å²) in [5.74, 6) is 1.08. The zero-order valence-corrected chi connectivity index (χ0v) is 21.4. The summed E-state index contributed by atoms with van der Waals surface area (Å²) in [5, 5.41) is 10.7. The van der Waals surface area contributed by atoms with E-state index in [2.05, 4.69) is 20.5 Å². The van der Waals surface area contributed by atoms with E-state index in [0.717, 1.165) is 11.1 Å². The standard InChI is InChI=1S/C24H29N5O4S2/c1-17-10-11-20(33-2)21(15-17)35(31,32)29-13-6-9-19(16-29)23(30)25-12-14-34-24-26-22(27-28-24)18-7-4-3-5-8-18/h3-5,7-8,10-11,15,19H,6,9,12-14,16H2,1-2H3,(H,25,30)(H,26,27,28)/t19-/m1/s1. The van der Waals surface area contributed by atoms with Gasteiger partial charge in [0.1, 0.15) is 10.6 Å². The number of methoxy groups -OCH3 is 1. The number of rotatable bonds is 9. The van der Waals surface area contributed by atoms with Crippen molar-refractivity contribution >= 4 is 27.7 Å². The molecule has 186 valence electrons. The van der Waals surface area contributed by atoms with Gasteiger partial charge in [0, 0.05) is 31.0 Å². The zero-order valence-electron chi connectivity index (χ0n) is 19.7. The second-order valence-electron chi connectivity index (χ2n) is 8.33. The topological polar surface area (TPSA) is 117 Å². The van der Waals surface area contributed by atoms with Crippen molar-refractivity contribution in [2.75, 3.05) is 32.5 Å². The first kappa shape index (κ1) is 25.2. The summed E-state index contributed by atoms with van der Waals surface area (Å²) in [4.78, 5) is 17.4. The third-order valence-electron chi connectivity index (χ3n) is 5.84. The van der Waals surface area contributed by atoms with Crippen molar-refractivity contribution < 1.29 is 17.9 Å². The van der Waals surface area contributed by atoms with Gasteiger partial charge in [-0.25, -0.2) is 13.4 Å². The van der Waals surface area contributed by atoms with Crippen LogP contribution in [0.2, 0.25) is 0 Å². The van der Waals surface area contributed by atoms with Crippen LogP contribution in [0.15, 0.2) is 58.6 Å². The smallest absolute Gasteiger partial charge is 0.246 e. The Morgan fingerprint density at radius 3 is 2.83 bits per heavy atom. The average Bonchev–Trinajstić information content (AvgIpc) is 3.36. The molecular formula is C24H29N5O4S2. The number of nitrogens with one attached hydrogen (secondary N) is 2. The highest BCUT2D eigenvalue weighted by atomic mass is 32.2. The lowest BCUT2D eigenvalue weighted by atomic mass is 9.99. The SMILES string of the molecule is COc1ccc(C)cc1S(=O)(=O)N1CCC[C@@H](C(=O)NCCSc2n[nH]c(-c3ccccc3)n2)C1. The van der Waals surface area contributed by atoms with Crippen LogP contribution in [-0.4, -0.2) is 66.3 Å². The molecule has 9 nitrogen and oxygen atoms in total. The summed E-state index contributed by atoms with van der Waals surface area (Å²) >= 11 is 1.44. The van der Waals surface area contributed by atoms with Crippen LogP contribution in [0, 0.1) is 12.8 Å². The average molecular weight is 516 g/mol. The number of carbonyl (C=O) groups is 1. The van der Waals surface area contributed by atoms with Gasteiger partial charge in [0.05, 0.1) is 13.0 Å². The minimum Gasteiger partial charge on any atom is -0.495 e. The van der Waals surface area contributed by atoms with Gasteiger partial charge in [0.2, 0.25) is 21.1 Å². The number of aromatic amines is 1. The van der Waals surface area contributed by atoms with Gasteiger partial charge >= 0.3 is 0 Å². The Hall–Kier alpha value is -2.89. The van der Waals surface area contributed by atoms with E-state index in [0.29, 0.717) is 48.4 Å². The monoisotopic (exact) mass is 515 g/mol. The van der Waals surface area contributed by atoms with Crippen LogP contribution in [0.25, 0.3) is 11.4 Å². The predicted molar refractivity (Wildman–Crippen MR) is 135 cm³/mol. The second-order valence-corrected chi connectivity index (χ2v) is 11.3. The molecule has 1 aliphatic heterocycles. The number of hydrogen-bond acceptors (Lipinski definition) is 7. The van der Waals surface area contributed by atoms with Crippen LogP contribution < -0.4 is 10.1 Å². The van der Waals surface area contributed by atoms with E-state index < -0.39 is 15.9 Å². The van der Waals surface area contributed by atoms with E-state index in [-0.39, 0.29) is 17.3 Å². The lowest BCUT2D eigenvalue weighted by Gasteiger charge is -2.31. The highest BCUT2D eigenvalue weighted by Gasteiger charge is 2.34. The molecular weight excluding hydrogens is 486 g/mol. The Balaban J connectivity index is 1.30. The summed E-state index contributed by atoms with van der Waals surface area (Å²) in [5.41, 5.74) is 1.79. The number of hydrogen-bond donors (Lipinski definition) is 2. The summed E-state index contributed by atoms with van der Waals surface area (Å²) in [6, 6.07) is 14.8. The van der Waals surface area contributed by atoms with Gasteiger partial charge in [-0.2, -0.15) is 4.31 Å². The number of aromatic nitrogens is 3. The Bertz CT molecular complexity index is 1260. The van der Waals surface area contributed by atoms with E-state index in [4.69, 9.17) is 4.74 Å². The Labute approximate surface area is 209 Å². The van der Waals surface area contributed by atoms with E-state index >= 15 is 0 Å². The molecule has 2 N–H and O–H groups in total. The maximum Gasteiger partial charge on any atom is 0.246 e. The summed E-state index contributed by atoms with van der Waals surface area (Å²) in [7, 11) is -2.32. The molecule has 1 saturated heterocycles. The molecule has 1 fully saturated rings. The number of sulfonamides is 1. The molecule has 0 unspecified atom stereocenters. The molecule has 0 spiro atoms. The van der Waals surface area contributed by atoms with Crippen molar-refractivity contribution in [2.45, 2.75) is 29.8 Å². The van der Waals surface area contributed by atoms with E-state index in [9.17, 15) is 13.2 Å². The van der Waals surface area contributed by atoms with Crippen LogP contribution in [-0.2, 0) is 14.8 Å². The minimum absolute atomic E-state index is 0.137. The molecule has 0 aliphatic carbocycles. The molecule has 1 atom stereocenters. The maximum absolute atomic E-state index is 13.3. The fourth-order valence-corrected chi connectivity index (χ4v) is 6.41. The fourth-order valence-electron chi connectivity index (χ4n) is 4.00. The van der Waals surface area contributed by atoms with Crippen molar-refractivity contribution in [2.24, 2.45) is 5.92 Å². The quantitative estimate of drug-likeness (QED) is 0.332. The molecule has 0 radical (unpaired) electrons. The maximum atomic E-state index is 13.3. The number of amides is 1. The normalized spacial score (nSPS) is 16.7. The van der Waals surface area contributed by atoms with Crippen molar-refractivity contribution in [3.05, 3.63) is 54.1 Å². The predicted octanol–water partition coefficient (Wildman–Crippen LogP) is 3.10. The largest absolute Gasteiger partial charge is 0.495 e. The molecule has 3 aromatic rings. The van der Waals surface area contributed by atoms with Crippen LogP contribution in [0.4, 0.5) is 0 Å². The lowest BCUT2D eigenvalue weighted by Crippen LogP contribution is -2.45. The van der Waals surface area contributed by atoms with Crippen LogP contribution in [0.1, 0.15) is 18.4 Å². The summed E-state index contributed by atoms with van der Waals surface area (Å²) in [6.07, 6.45) is 1.27. The first-order valence-electron chi connectivity index (χ1n) is 11.4. The first-order valence-corrected chi connectivity index (χ1v) is 13.8. The fraction of sp³-hybridized carbons (Fsp3) is 0.375. The Morgan fingerprint density at radius 2 is 2.06 bits per heavy atom. The molecule has 0 bridgehead atoms. The van der Waals surface area contributed by atoms with Gasteiger partial charge in [-0.05, 0) is 37.5 Å². The second kappa shape index (κ2) is 11.2. The molecule has 4 rings (SSSR count). The van der Waals surface area contributed by atoms with E-state index in [1.807, 2.05) is 43.3 Å². The summed E-state index contributed by atoms with van der Waals surface area (Å²) in [6.45, 7) is 2.81. The molecule has 1 aromatic heterocycles. The molecule has 2 aromatic carbocycles. The molecule has 11 heteroatoms. The molecule has 0 saturated carbocycles. The zero-order chi connectivity index (χ0) is 24.8. The molecule has 2 heterocycles. The van der Waals surface area contributed by atoms with Gasteiger partial charge in [-0.1, -0.05) is 48.2 Å². The number of nitrogens with zero attached hydrogens (tertiary/aromatic N) is 3. The first-order chi connectivity index (χ1) is 16.9. The van der Waals surface area contributed by atoms with Gasteiger partial charge in [0.25, 0.3) is 0 Å². The van der Waals surface area contributed by atoms with Crippen LogP contribution in [0.3, 0.4) is 0 Å². The van der Waals surface area contributed by atoms with E-state index in [1.54, 1.807) is 12.1 Å². The van der Waals surface area contributed by atoms with Crippen molar-refractivity contribution in [3.8, 4) is 17.1 Å². The molecule has 35 heavy (non-hydrogen) atoms. The van der Waals surface area contributed by atoms with Crippen LogP contribution >= 0.6 is 11.8 Å². The number of carbonyl (C=O) groups excluding carboxylic acids is 1. The lowest BCUT2D eigenvalue weighted by molar-refractivity contribution is -0.125. The van der Waals surface area contributed by atoms with Gasteiger partial charge < -0.3 is 10.1 Å². The molecule has 1 aliphatic rings. The minimum atomic E-state index is -3.77.